The van der Waals surface area contributed by atoms with Gasteiger partial charge >= 0.3 is 7.12 Å². The first-order valence-electron chi connectivity index (χ1n) is 24.4. The molecule has 2 atom stereocenters. The van der Waals surface area contributed by atoms with Gasteiger partial charge in [-0.05, 0) is 121 Å². The Kier molecular flexibility index (Phi) is 15.9. The third kappa shape index (κ3) is 11.3. The number of morpholine rings is 2. The Balaban J connectivity index is 0.000000149. The largest absolute Gasteiger partial charge is 0.495 e. The van der Waals surface area contributed by atoms with Crippen LogP contribution in [0.3, 0.4) is 0 Å². The van der Waals surface area contributed by atoms with Gasteiger partial charge in [0, 0.05) is 66.3 Å². The van der Waals surface area contributed by atoms with Crippen molar-refractivity contribution in [2.75, 3.05) is 49.3 Å². The number of hydrogen-bond acceptors (Lipinski definition) is 16. The first-order valence-corrected chi connectivity index (χ1v) is 28.4. The lowest BCUT2D eigenvalue weighted by Crippen LogP contribution is -2.44. The minimum atomic E-state index is -3.81. The molecule has 0 saturated carbocycles. The third-order valence-electron chi connectivity index (χ3n) is 13.7. The summed E-state index contributed by atoms with van der Waals surface area (Å²) in [4.78, 5) is 30.5. The van der Waals surface area contributed by atoms with Gasteiger partial charge < -0.3 is 28.6 Å². The number of nitrogens with zero attached hydrogens (tertiary/aromatic N) is 10. The Morgan fingerprint density at radius 1 is 0.592 bits per heavy atom. The Bertz CT molecular complexity index is 3610. The van der Waals surface area contributed by atoms with Crippen molar-refractivity contribution in [3.05, 3.63) is 136 Å². The van der Waals surface area contributed by atoms with Crippen LogP contribution in [0.4, 0.5) is 11.6 Å². The van der Waals surface area contributed by atoms with Crippen LogP contribution in [0.2, 0.25) is 15.6 Å². The second-order valence-electron chi connectivity index (χ2n) is 19.6. The standard InChI is InChI=1S/C23H22ClN5O3S.C20H23BN2O4S.C9H11Cl2N3O/c1-15-3-5-17(6-4-15)33(30,31)29-10-8-19-18(7-9-25-23(19)29)22-26-20(24)13-21(27-22)28-11-12-32-14-16(28)2;1-14-6-8-15(9-7-14)28(24,25)23-13-11-16-17(10-12-22-18(16)23)21-26-19(2,3)20(4,5)27-21;1-6-5-15-3-2-14(6)8-4-7(10)12-9(11)13-8/h3-10,13,16H,11-12,14H2,1-2H3;6-13H,1-5H3;4,6H,2-3,5H2,1H3/t16-;;6-/m1.1/s1. The summed E-state index contributed by atoms with van der Waals surface area (Å²) < 4.78 is 78.3. The molecule has 3 aliphatic rings. The lowest BCUT2D eigenvalue weighted by atomic mass is 9.78. The van der Waals surface area contributed by atoms with Gasteiger partial charge in [-0.25, -0.2) is 54.7 Å². The molecule has 0 unspecified atom stereocenters. The van der Waals surface area contributed by atoms with Crippen LogP contribution in [0.5, 0.6) is 0 Å². The molecule has 6 aromatic heterocycles. The van der Waals surface area contributed by atoms with E-state index in [1.54, 1.807) is 91.3 Å². The Morgan fingerprint density at radius 2 is 1.05 bits per heavy atom. The Morgan fingerprint density at radius 3 is 1.55 bits per heavy atom. The SMILES string of the molecule is C[C@@H]1COCCN1c1cc(Cl)nc(Cl)n1.Cc1ccc(S(=O)(=O)n2ccc3c(-c4nc(Cl)cc(N5CCOC[C@H]5C)n4)ccnc32)cc1.Cc1ccc(S(=O)(=O)n2ccc3c(B4OC(C)(C)C(C)(C)O4)ccnc32)cc1. The number of halogens is 3. The number of benzene rings is 2. The quantitative estimate of drug-likeness (QED) is 0.0794. The molecule has 0 radical (unpaired) electrons. The molecule has 9 heterocycles. The summed E-state index contributed by atoms with van der Waals surface area (Å²) in [6.45, 7) is 20.0. The maximum Gasteiger partial charge on any atom is 0.495 e. The number of pyridine rings is 2. The van der Waals surface area contributed by atoms with E-state index in [-0.39, 0.29) is 27.2 Å². The zero-order valence-electron chi connectivity index (χ0n) is 43.1. The van der Waals surface area contributed by atoms with Gasteiger partial charge in [0.25, 0.3) is 20.0 Å². The molecule has 0 aliphatic carbocycles. The van der Waals surface area contributed by atoms with Crippen LogP contribution in [-0.4, -0.2) is 125 Å². The fourth-order valence-electron chi connectivity index (χ4n) is 8.79. The fourth-order valence-corrected chi connectivity index (χ4v) is 12.0. The summed E-state index contributed by atoms with van der Waals surface area (Å²) in [6.07, 6.45) is 6.18. The lowest BCUT2D eigenvalue weighted by molar-refractivity contribution is 0.00578. The Labute approximate surface area is 457 Å². The predicted molar refractivity (Wildman–Crippen MR) is 296 cm³/mol. The van der Waals surface area contributed by atoms with Crippen molar-refractivity contribution in [2.24, 2.45) is 0 Å². The first-order chi connectivity index (χ1) is 36.0. The molecular formula is C52H56BCl3N10O8S2. The maximum absolute atomic E-state index is 13.3. The third-order valence-corrected chi connectivity index (χ3v) is 17.6. The zero-order chi connectivity index (χ0) is 54.3. The molecule has 0 spiro atoms. The van der Waals surface area contributed by atoms with Crippen molar-refractivity contribution >= 4 is 101 Å². The second-order valence-corrected chi connectivity index (χ2v) is 24.3. The van der Waals surface area contributed by atoms with Crippen molar-refractivity contribution in [3.63, 3.8) is 0 Å². The van der Waals surface area contributed by atoms with Crippen LogP contribution in [0.15, 0.2) is 120 Å². The topological polar surface area (TPSA) is 199 Å². The van der Waals surface area contributed by atoms with E-state index in [1.807, 2.05) is 47.6 Å². The number of anilines is 2. The van der Waals surface area contributed by atoms with Gasteiger partial charge in [-0.2, -0.15) is 0 Å². The van der Waals surface area contributed by atoms with Crippen molar-refractivity contribution in [2.45, 2.75) is 88.5 Å². The molecule has 11 rings (SSSR count). The van der Waals surface area contributed by atoms with E-state index in [0.29, 0.717) is 82.6 Å². The van der Waals surface area contributed by atoms with Crippen LogP contribution in [0.25, 0.3) is 33.5 Å². The predicted octanol–water partition coefficient (Wildman–Crippen LogP) is 8.81. The van der Waals surface area contributed by atoms with E-state index >= 15 is 0 Å². The van der Waals surface area contributed by atoms with Gasteiger partial charge in [-0.1, -0.05) is 58.6 Å². The van der Waals surface area contributed by atoms with Crippen LogP contribution in [0.1, 0.15) is 52.7 Å². The highest BCUT2D eigenvalue weighted by Gasteiger charge is 2.52. The molecule has 2 aromatic carbocycles. The molecule has 0 amide bonds. The van der Waals surface area contributed by atoms with E-state index in [2.05, 4.69) is 48.6 Å². The maximum atomic E-state index is 13.3. The lowest BCUT2D eigenvalue weighted by Gasteiger charge is -2.34. The zero-order valence-corrected chi connectivity index (χ0v) is 47.0. The fraction of sp³-hybridized carbons (Fsp3) is 0.346. The molecule has 0 N–H and O–H groups in total. The second kappa shape index (κ2) is 21.9. The molecular weight excluding hydrogens is 1070 g/mol. The molecule has 3 saturated heterocycles. The van der Waals surface area contributed by atoms with Crippen LogP contribution < -0.4 is 15.3 Å². The van der Waals surface area contributed by atoms with E-state index in [9.17, 15) is 16.8 Å². The first kappa shape index (κ1) is 55.0. The normalized spacial score (nSPS) is 18.5. The molecule has 0 bridgehead atoms. The summed E-state index contributed by atoms with van der Waals surface area (Å²) in [5, 5.41) is 2.17. The minimum absolute atomic E-state index is 0.149. The highest BCUT2D eigenvalue weighted by molar-refractivity contribution is 7.90. The number of hydrogen-bond donors (Lipinski definition) is 0. The average molecular weight is 1130 g/mol. The molecule has 76 heavy (non-hydrogen) atoms. The summed E-state index contributed by atoms with van der Waals surface area (Å²) in [7, 11) is -8.16. The number of fused-ring (bicyclic) bond motifs is 2. The van der Waals surface area contributed by atoms with Crippen LogP contribution in [-0.2, 0) is 38.8 Å². The summed E-state index contributed by atoms with van der Waals surface area (Å²) in [5.41, 5.74) is 3.09. The van der Waals surface area contributed by atoms with E-state index < -0.39 is 38.4 Å². The van der Waals surface area contributed by atoms with Crippen molar-refractivity contribution in [1.29, 1.82) is 0 Å². The van der Waals surface area contributed by atoms with E-state index in [4.69, 9.17) is 58.6 Å². The van der Waals surface area contributed by atoms with Gasteiger partial charge in [0.2, 0.25) is 5.28 Å². The van der Waals surface area contributed by atoms with Crippen LogP contribution in [0, 0.1) is 13.8 Å². The highest BCUT2D eigenvalue weighted by Crippen LogP contribution is 2.37. The molecule has 3 fully saturated rings. The number of aromatic nitrogens is 8. The number of rotatable bonds is 8. The molecule has 3 aliphatic heterocycles. The molecule has 18 nitrogen and oxygen atoms in total. The average Bonchev–Trinajstić information content (AvgIpc) is 4.10. The summed E-state index contributed by atoms with van der Waals surface area (Å²) >= 11 is 17.9. The number of ether oxygens (including phenoxy) is 2. The minimum Gasteiger partial charge on any atom is -0.399 e. The molecule has 24 heteroatoms. The molecule has 8 aromatic rings. The highest BCUT2D eigenvalue weighted by atomic mass is 35.5. The van der Waals surface area contributed by atoms with Crippen molar-refractivity contribution in [1.82, 2.24) is 37.8 Å². The van der Waals surface area contributed by atoms with Crippen molar-refractivity contribution < 1.29 is 35.6 Å². The van der Waals surface area contributed by atoms with Crippen LogP contribution >= 0.6 is 34.8 Å². The van der Waals surface area contributed by atoms with Gasteiger partial charge in [0.05, 0.1) is 59.5 Å². The van der Waals surface area contributed by atoms with Gasteiger partial charge in [-0.3, -0.25) is 0 Å². The van der Waals surface area contributed by atoms with Gasteiger partial charge in [0.15, 0.2) is 17.1 Å². The Hall–Kier alpha value is -5.75. The van der Waals surface area contributed by atoms with Gasteiger partial charge in [0.1, 0.15) is 21.9 Å². The number of aryl methyl sites for hydroxylation is 2. The van der Waals surface area contributed by atoms with Crippen molar-refractivity contribution in [3.8, 4) is 11.4 Å². The van der Waals surface area contributed by atoms with E-state index in [0.717, 1.165) is 29.0 Å². The molecule has 398 valence electrons. The van der Waals surface area contributed by atoms with E-state index in [1.165, 1.54) is 20.3 Å². The smallest absolute Gasteiger partial charge is 0.399 e. The summed E-state index contributed by atoms with van der Waals surface area (Å²) in [6, 6.07) is 24.4. The monoisotopic (exact) mass is 1130 g/mol. The van der Waals surface area contributed by atoms with Gasteiger partial charge in [-0.15, -0.1) is 0 Å². The summed E-state index contributed by atoms with van der Waals surface area (Å²) in [5.74, 6) is 1.88.